The van der Waals surface area contributed by atoms with Crippen LogP contribution in [-0.4, -0.2) is 17.5 Å². The number of nitrogens with one attached hydrogen (secondary N) is 2. The molecule has 2 aromatic rings. The van der Waals surface area contributed by atoms with E-state index in [1.165, 1.54) is 5.69 Å². The molecule has 0 fully saturated rings. The van der Waals surface area contributed by atoms with Crippen molar-refractivity contribution in [1.82, 2.24) is 9.88 Å². The summed E-state index contributed by atoms with van der Waals surface area (Å²) in [4.78, 5) is 11.6. The number of anilines is 1. The summed E-state index contributed by atoms with van der Waals surface area (Å²) in [7, 11) is 1.66. The summed E-state index contributed by atoms with van der Waals surface area (Å²) in [6, 6.07) is 12.2. The Morgan fingerprint density at radius 3 is 2.76 bits per heavy atom. The molecule has 0 saturated carbocycles. The lowest BCUT2D eigenvalue weighted by Gasteiger charge is -2.13. The van der Waals surface area contributed by atoms with E-state index in [2.05, 4.69) is 40.5 Å². The molecule has 0 saturated heterocycles. The van der Waals surface area contributed by atoms with Crippen molar-refractivity contribution in [3.8, 4) is 0 Å². The fraction of sp³-hybridized carbons (Fsp3) is 0.353. The van der Waals surface area contributed by atoms with Crippen LogP contribution < -0.4 is 10.6 Å². The Morgan fingerprint density at radius 1 is 1.19 bits per heavy atom. The van der Waals surface area contributed by atoms with E-state index in [4.69, 9.17) is 0 Å². The molecule has 4 nitrogen and oxygen atoms in total. The average Bonchev–Trinajstić information content (AvgIpc) is 2.94. The van der Waals surface area contributed by atoms with Crippen LogP contribution in [0.2, 0.25) is 0 Å². The van der Waals surface area contributed by atoms with Gasteiger partial charge < -0.3 is 15.2 Å². The molecule has 2 rings (SSSR count). The summed E-state index contributed by atoms with van der Waals surface area (Å²) in [5.41, 5.74) is 3.29. The van der Waals surface area contributed by atoms with E-state index >= 15 is 0 Å². The van der Waals surface area contributed by atoms with Crippen molar-refractivity contribution in [2.24, 2.45) is 0 Å². The van der Waals surface area contributed by atoms with E-state index in [-0.39, 0.29) is 5.91 Å². The minimum absolute atomic E-state index is 0.0265. The normalized spacial score (nSPS) is 10.4. The number of nitrogens with zero attached hydrogens (tertiary/aromatic N) is 1. The number of aryl methyl sites for hydroxylation is 1. The molecule has 0 unspecified atom stereocenters. The molecule has 0 bridgehead atoms. The molecule has 0 spiro atoms. The maximum absolute atomic E-state index is 11.6. The zero-order valence-electron chi connectivity index (χ0n) is 12.7. The Bertz CT molecular complexity index is 589. The van der Waals surface area contributed by atoms with Crippen molar-refractivity contribution in [3.63, 3.8) is 0 Å². The number of amides is 1. The highest BCUT2D eigenvalue weighted by Crippen LogP contribution is 2.17. The Hall–Kier alpha value is -2.23. The van der Waals surface area contributed by atoms with Gasteiger partial charge in [0.1, 0.15) is 0 Å². The predicted molar refractivity (Wildman–Crippen MR) is 86.3 cm³/mol. The Labute approximate surface area is 126 Å². The fourth-order valence-electron chi connectivity index (χ4n) is 2.36. The number of benzene rings is 1. The van der Waals surface area contributed by atoms with Crippen molar-refractivity contribution in [2.45, 2.75) is 32.9 Å². The van der Waals surface area contributed by atoms with Crippen LogP contribution in [0.15, 0.2) is 42.6 Å². The minimum Gasteiger partial charge on any atom is -0.379 e. The standard InChI is InChI=1S/C17H23N3O/c1-3-10-20-11-6-8-15(20)13-19-16-9-5-4-7-14(16)12-17(21)18-2/h4-9,11,19H,3,10,12-13H2,1-2H3,(H,18,21). The average molecular weight is 285 g/mol. The van der Waals surface area contributed by atoms with Crippen LogP contribution >= 0.6 is 0 Å². The van der Waals surface area contributed by atoms with Gasteiger partial charge in [-0.2, -0.15) is 0 Å². The summed E-state index contributed by atoms with van der Waals surface area (Å²) in [5, 5.41) is 6.11. The van der Waals surface area contributed by atoms with Crippen molar-refractivity contribution >= 4 is 11.6 Å². The summed E-state index contributed by atoms with van der Waals surface area (Å²) >= 11 is 0. The first kappa shape index (κ1) is 15.2. The van der Waals surface area contributed by atoms with Gasteiger partial charge in [-0.15, -0.1) is 0 Å². The highest BCUT2D eigenvalue weighted by Gasteiger charge is 2.07. The SMILES string of the molecule is CCCn1cccc1CNc1ccccc1CC(=O)NC. The fourth-order valence-corrected chi connectivity index (χ4v) is 2.36. The molecule has 0 radical (unpaired) electrons. The summed E-state index contributed by atoms with van der Waals surface area (Å²) in [6.07, 6.45) is 3.63. The van der Waals surface area contributed by atoms with Crippen LogP contribution in [0, 0.1) is 0 Å². The molecule has 4 heteroatoms. The minimum atomic E-state index is 0.0265. The third kappa shape index (κ3) is 4.12. The highest BCUT2D eigenvalue weighted by molar-refractivity contribution is 5.80. The maximum atomic E-state index is 11.6. The molecule has 112 valence electrons. The topological polar surface area (TPSA) is 46.1 Å². The molecule has 2 N–H and O–H groups in total. The number of hydrogen-bond donors (Lipinski definition) is 2. The number of likely N-dealkylation sites (N-methyl/N-ethyl adjacent to an activating group) is 1. The highest BCUT2D eigenvalue weighted by atomic mass is 16.1. The van der Waals surface area contributed by atoms with Crippen LogP contribution in [0.5, 0.6) is 0 Å². The number of rotatable bonds is 7. The second kappa shape index (κ2) is 7.53. The van der Waals surface area contributed by atoms with Gasteiger partial charge in [-0.1, -0.05) is 25.1 Å². The molecule has 1 amide bonds. The third-order valence-corrected chi connectivity index (χ3v) is 3.50. The van der Waals surface area contributed by atoms with Crippen LogP contribution in [0.4, 0.5) is 5.69 Å². The van der Waals surface area contributed by atoms with Crippen LogP contribution in [0.25, 0.3) is 0 Å². The van der Waals surface area contributed by atoms with Crippen molar-refractivity contribution in [3.05, 3.63) is 53.9 Å². The molecule has 0 aliphatic heterocycles. The largest absolute Gasteiger partial charge is 0.379 e. The molecule has 0 aliphatic rings. The van der Waals surface area contributed by atoms with Crippen LogP contribution in [0.1, 0.15) is 24.6 Å². The molecular formula is C17H23N3O. The molecular weight excluding hydrogens is 262 g/mol. The van der Waals surface area contributed by atoms with Gasteiger partial charge in [0.05, 0.1) is 13.0 Å². The number of hydrogen-bond acceptors (Lipinski definition) is 2. The van der Waals surface area contributed by atoms with Crippen molar-refractivity contribution in [1.29, 1.82) is 0 Å². The first-order valence-electron chi connectivity index (χ1n) is 7.41. The lowest BCUT2D eigenvalue weighted by atomic mass is 10.1. The molecule has 1 aromatic heterocycles. The van der Waals surface area contributed by atoms with Crippen molar-refractivity contribution < 1.29 is 4.79 Å². The summed E-state index contributed by atoms with van der Waals surface area (Å²) in [6.45, 7) is 3.97. The molecule has 1 aromatic carbocycles. The van der Waals surface area contributed by atoms with Gasteiger partial charge in [-0.25, -0.2) is 0 Å². The van der Waals surface area contributed by atoms with Gasteiger partial charge in [-0.3, -0.25) is 4.79 Å². The van der Waals surface area contributed by atoms with Gasteiger partial charge in [-0.05, 0) is 30.2 Å². The lowest BCUT2D eigenvalue weighted by Crippen LogP contribution is -2.20. The summed E-state index contributed by atoms with van der Waals surface area (Å²) < 4.78 is 2.26. The number of carbonyl (C=O) groups is 1. The van der Waals surface area contributed by atoms with Crippen LogP contribution in [-0.2, 0) is 24.3 Å². The quantitative estimate of drug-likeness (QED) is 0.821. The van der Waals surface area contributed by atoms with E-state index in [9.17, 15) is 4.79 Å². The first-order chi connectivity index (χ1) is 10.2. The Balaban J connectivity index is 2.05. The molecule has 21 heavy (non-hydrogen) atoms. The van der Waals surface area contributed by atoms with Gasteiger partial charge in [0.15, 0.2) is 0 Å². The Kier molecular flexibility index (Phi) is 5.43. The zero-order valence-corrected chi connectivity index (χ0v) is 12.7. The molecule has 0 aliphatic carbocycles. The van der Waals surface area contributed by atoms with Gasteiger partial charge in [0.25, 0.3) is 0 Å². The van der Waals surface area contributed by atoms with Gasteiger partial charge in [0.2, 0.25) is 5.91 Å². The first-order valence-corrected chi connectivity index (χ1v) is 7.41. The van der Waals surface area contributed by atoms with E-state index in [0.717, 1.165) is 30.8 Å². The predicted octanol–water partition coefficient (Wildman–Crippen LogP) is 2.80. The third-order valence-electron chi connectivity index (χ3n) is 3.50. The molecule has 1 heterocycles. The number of aromatic nitrogens is 1. The van der Waals surface area contributed by atoms with E-state index in [1.807, 2.05) is 24.3 Å². The smallest absolute Gasteiger partial charge is 0.224 e. The van der Waals surface area contributed by atoms with Gasteiger partial charge in [0, 0.05) is 31.2 Å². The van der Waals surface area contributed by atoms with Gasteiger partial charge >= 0.3 is 0 Å². The second-order valence-corrected chi connectivity index (χ2v) is 5.05. The zero-order chi connectivity index (χ0) is 15.1. The number of carbonyl (C=O) groups excluding carboxylic acids is 1. The number of para-hydroxylation sites is 1. The lowest BCUT2D eigenvalue weighted by molar-refractivity contribution is -0.119. The summed E-state index contributed by atoms with van der Waals surface area (Å²) in [5.74, 6) is 0.0265. The van der Waals surface area contributed by atoms with E-state index < -0.39 is 0 Å². The van der Waals surface area contributed by atoms with E-state index in [1.54, 1.807) is 7.05 Å². The molecule has 0 atom stereocenters. The van der Waals surface area contributed by atoms with E-state index in [0.29, 0.717) is 6.42 Å². The maximum Gasteiger partial charge on any atom is 0.224 e. The second-order valence-electron chi connectivity index (χ2n) is 5.05. The van der Waals surface area contributed by atoms with Crippen LogP contribution in [0.3, 0.4) is 0 Å². The van der Waals surface area contributed by atoms with Crippen molar-refractivity contribution in [2.75, 3.05) is 12.4 Å². The Morgan fingerprint density at radius 2 is 2.00 bits per heavy atom. The monoisotopic (exact) mass is 285 g/mol.